The van der Waals surface area contributed by atoms with E-state index in [2.05, 4.69) is 17.0 Å². The summed E-state index contributed by atoms with van der Waals surface area (Å²) in [5.41, 5.74) is 4.33. The molecule has 0 unspecified atom stereocenters. The summed E-state index contributed by atoms with van der Waals surface area (Å²) in [7, 11) is 0. The first-order valence-electron chi connectivity index (χ1n) is 10.8. The van der Waals surface area contributed by atoms with E-state index < -0.39 is 0 Å². The SMILES string of the molecule is Cc1ncn(-c2cc(Cl)c(C(=O)C[C@@]3(C)CCc4nn5c(C)ccc(O)c5c4C3)c(Cl)c2)n1. The molecule has 1 aliphatic rings. The normalized spacial score (nSPS) is 18.0. The van der Waals surface area contributed by atoms with E-state index in [0.29, 0.717) is 33.5 Å². The van der Waals surface area contributed by atoms with E-state index in [4.69, 9.17) is 28.3 Å². The lowest BCUT2D eigenvalue weighted by molar-refractivity contribution is 0.0909. The Kier molecular flexibility index (Phi) is 5.21. The van der Waals surface area contributed by atoms with Crippen molar-refractivity contribution in [2.45, 2.75) is 46.5 Å². The number of benzene rings is 1. The highest BCUT2D eigenvalue weighted by Gasteiger charge is 2.36. The Morgan fingerprint density at radius 3 is 2.58 bits per heavy atom. The number of aromatic hydroxyl groups is 1. The summed E-state index contributed by atoms with van der Waals surface area (Å²) in [5, 5.41) is 20.0. The van der Waals surface area contributed by atoms with Crippen LogP contribution in [-0.4, -0.2) is 35.3 Å². The number of Topliss-reactive ketones (excluding diaryl/α,β-unsaturated/α-hetero) is 1. The lowest BCUT2D eigenvalue weighted by Gasteiger charge is -2.33. The minimum atomic E-state index is -0.307. The van der Waals surface area contributed by atoms with E-state index in [1.54, 1.807) is 40.6 Å². The molecule has 7 nitrogen and oxygen atoms in total. The Morgan fingerprint density at radius 2 is 1.91 bits per heavy atom. The van der Waals surface area contributed by atoms with Gasteiger partial charge in [-0.2, -0.15) is 10.2 Å². The number of carbonyl (C=O) groups is 1. The first-order chi connectivity index (χ1) is 15.6. The zero-order valence-corrected chi connectivity index (χ0v) is 20.1. The quantitative estimate of drug-likeness (QED) is 0.397. The van der Waals surface area contributed by atoms with Crippen LogP contribution >= 0.6 is 23.2 Å². The highest BCUT2D eigenvalue weighted by atomic mass is 35.5. The zero-order valence-electron chi connectivity index (χ0n) is 18.6. The van der Waals surface area contributed by atoms with Gasteiger partial charge in [-0.3, -0.25) is 4.79 Å². The van der Waals surface area contributed by atoms with Crippen LogP contribution in [0.15, 0.2) is 30.6 Å². The third-order valence-electron chi connectivity index (χ3n) is 6.46. The van der Waals surface area contributed by atoms with Gasteiger partial charge in [0.25, 0.3) is 0 Å². The first-order valence-corrected chi connectivity index (χ1v) is 11.5. The molecule has 1 atom stereocenters. The topological polar surface area (TPSA) is 85.3 Å². The number of hydrogen-bond donors (Lipinski definition) is 1. The van der Waals surface area contributed by atoms with Gasteiger partial charge in [0.05, 0.1) is 27.0 Å². The lowest BCUT2D eigenvalue weighted by Crippen LogP contribution is -2.28. The van der Waals surface area contributed by atoms with Gasteiger partial charge < -0.3 is 5.11 Å². The van der Waals surface area contributed by atoms with E-state index >= 15 is 0 Å². The van der Waals surface area contributed by atoms with Crippen molar-refractivity contribution in [2.24, 2.45) is 5.41 Å². The molecule has 0 amide bonds. The summed E-state index contributed by atoms with van der Waals surface area (Å²) < 4.78 is 3.37. The average molecular weight is 484 g/mol. The number of hydrogen-bond acceptors (Lipinski definition) is 5. The molecule has 9 heteroatoms. The number of halogens is 2. The standard InChI is InChI=1S/C24H23Cl2N5O2/c1-13-4-5-20(32)23-16-10-24(3,7-6-19(16)29-31(13)23)11-21(33)22-17(25)8-15(9-18(22)26)30-12-27-14(2)28-30/h4-5,8-9,12,32H,6-7,10-11H2,1-3H3/t24-/m0/s1. The Bertz CT molecular complexity index is 1400. The van der Waals surface area contributed by atoms with Crippen LogP contribution in [0.1, 0.15) is 52.9 Å². The predicted octanol–water partition coefficient (Wildman–Crippen LogP) is 5.31. The van der Waals surface area contributed by atoms with Crippen LogP contribution in [-0.2, 0) is 12.8 Å². The smallest absolute Gasteiger partial charge is 0.166 e. The zero-order chi connectivity index (χ0) is 23.5. The molecule has 1 aliphatic carbocycles. The van der Waals surface area contributed by atoms with Crippen molar-refractivity contribution in [1.82, 2.24) is 24.4 Å². The van der Waals surface area contributed by atoms with E-state index in [-0.39, 0.29) is 23.4 Å². The Labute approximate surface area is 201 Å². The molecule has 0 aliphatic heterocycles. The summed E-state index contributed by atoms with van der Waals surface area (Å²) in [6.07, 6.45) is 4.05. The molecule has 33 heavy (non-hydrogen) atoms. The summed E-state index contributed by atoms with van der Waals surface area (Å²) in [4.78, 5) is 17.5. The minimum absolute atomic E-state index is 0.103. The predicted molar refractivity (Wildman–Crippen MR) is 127 cm³/mol. The molecule has 0 fully saturated rings. The van der Waals surface area contributed by atoms with Crippen LogP contribution in [0.3, 0.4) is 0 Å². The average Bonchev–Trinajstić information content (AvgIpc) is 3.34. The second-order valence-corrected chi connectivity index (χ2v) is 9.97. The number of nitrogens with zero attached hydrogens (tertiary/aromatic N) is 5. The van der Waals surface area contributed by atoms with Gasteiger partial charge in [-0.1, -0.05) is 30.1 Å². The third kappa shape index (κ3) is 3.79. The number of carbonyl (C=O) groups excluding carboxylic acids is 1. The molecule has 3 heterocycles. The molecule has 0 bridgehead atoms. The monoisotopic (exact) mass is 483 g/mol. The number of ketones is 1. The molecular formula is C24H23Cl2N5O2. The van der Waals surface area contributed by atoms with Gasteiger partial charge in [0.1, 0.15) is 23.4 Å². The maximum Gasteiger partial charge on any atom is 0.166 e. The Balaban J connectivity index is 1.44. The Morgan fingerprint density at radius 1 is 1.18 bits per heavy atom. The van der Waals surface area contributed by atoms with Crippen LogP contribution in [0.2, 0.25) is 10.0 Å². The molecule has 0 saturated carbocycles. The fourth-order valence-electron chi connectivity index (χ4n) is 4.74. The van der Waals surface area contributed by atoms with E-state index in [0.717, 1.165) is 35.3 Å². The fraction of sp³-hybridized carbons (Fsp3) is 0.333. The third-order valence-corrected chi connectivity index (χ3v) is 7.05. The second kappa shape index (κ2) is 7.85. The van der Waals surface area contributed by atoms with Gasteiger partial charge in [-0.05, 0) is 62.8 Å². The fourth-order valence-corrected chi connectivity index (χ4v) is 5.43. The first kappa shape index (κ1) is 21.9. The van der Waals surface area contributed by atoms with E-state index in [9.17, 15) is 9.90 Å². The molecule has 0 radical (unpaired) electrons. The van der Waals surface area contributed by atoms with Gasteiger partial charge in [-0.25, -0.2) is 14.2 Å². The maximum absolute atomic E-state index is 13.4. The van der Waals surface area contributed by atoms with Crippen molar-refractivity contribution in [3.8, 4) is 11.4 Å². The highest BCUT2D eigenvalue weighted by molar-refractivity contribution is 6.40. The summed E-state index contributed by atoms with van der Waals surface area (Å²) >= 11 is 13.0. The van der Waals surface area contributed by atoms with Gasteiger partial charge in [-0.15, -0.1) is 0 Å². The van der Waals surface area contributed by atoms with Crippen molar-refractivity contribution in [2.75, 3.05) is 0 Å². The molecule has 170 valence electrons. The van der Waals surface area contributed by atoms with Gasteiger partial charge in [0.2, 0.25) is 0 Å². The molecule has 1 N–H and O–H groups in total. The van der Waals surface area contributed by atoms with Crippen LogP contribution < -0.4 is 0 Å². The van der Waals surface area contributed by atoms with Crippen molar-refractivity contribution in [1.29, 1.82) is 0 Å². The number of aryl methyl sites for hydroxylation is 3. The van der Waals surface area contributed by atoms with Crippen molar-refractivity contribution >= 4 is 34.5 Å². The maximum atomic E-state index is 13.4. The summed E-state index contributed by atoms with van der Waals surface area (Å²) in [6, 6.07) is 6.91. The minimum Gasteiger partial charge on any atom is -0.506 e. The molecule has 0 spiro atoms. The Hall–Kier alpha value is -2.90. The second-order valence-electron chi connectivity index (χ2n) is 9.15. The van der Waals surface area contributed by atoms with Crippen LogP contribution in [0.25, 0.3) is 11.2 Å². The van der Waals surface area contributed by atoms with Crippen molar-refractivity contribution in [3.05, 3.63) is 69.0 Å². The lowest BCUT2D eigenvalue weighted by atomic mass is 9.71. The van der Waals surface area contributed by atoms with E-state index in [1.807, 2.05) is 13.0 Å². The highest BCUT2D eigenvalue weighted by Crippen LogP contribution is 2.43. The van der Waals surface area contributed by atoms with Crippen LogP contribution in [0.5, 0.6) is 5.75 Å². The summed E-state index contributed by atoms with van der Waals surface area (Å²) in [5.74, 6) is 0.727. The molecule has 4 aromatic rings. The number of fused-ring (bicyclic) bond motifs is 3. The van der Waals surface area contributed by atoms with Crippen LogP contribution in [0, 0.1) is 19.3 Å². The van der Waals surface area contributed by atoms with Crippen LogP contribution in [0.4, 0.5) is 0 Å². The largest absolute Gasteiger partial charge is 0.506 e. The molecule has 3 aromatic heterocycles. The van der Waals surface area contributed by atoms with Gasteiger partial charge >= 0.3 is 0 Å². The van der Waals surface area contributed by atoms with Crippen molar-refractivity contribution in [3.63, 3.8) is 0 Å². The summed E-state index contributed by atoms with van der Waals surface area (Å²) in [6.45, 7) is 5.85. The molecular weight excluding hydrogens is 461 g/mol. The van der Waals surface area contributed by atoms with Gasteiger partial charge in [0.15, 0.2) is 5.78 Å². The van der Waals surface area contributed by atoms with Crippen molar-refractivity contribution < 1.29 is 9.90 Å². The number of aromatic nitrogens is 5. The van der Waals surface area contributed by atoms with E-state index in [1.165, 1.54) is 0 Å². The molecule has 1 aromatic carbocycles. The molecule has 5 rings (SSSR count). The number of pyridine rings is 1. The number of rotatable bonds is 4. The molecule has 0 saturated heterocycles. The van der Waals surface area contributed by atoms with Gasteiger partial charge in [0, 0.05) is 17.7 Å².